The fraction of sp³-hybridized carbons (Fsp3) is 0.375. The number of carbonyl (C=O) groups excluding carboxylic acids is 2. The molecule has 21 heavy (non-hydrogen) atoms. The van der Waals surface area contributed by atoms with Crippen molar-refractivity contribution in [2.24, 2.45) is 5.92 Å². The maximum Gasteiger partial charge on any atom is 0.253 e. The van der Waals surface area contributed by atoms with Crippen LogP contribution in [0, 0.1) is 5.92 Å². The lowest BCUT2D eigenvalue weighted by molar-refractivity contribution is -0.141. The molecule has 1 aliphatic rings. The molecule has 5 nitrogen and oxygen atoms in total. The molecule has 0 aliphatic carbocycles. The fourth-order valence-corrected chi connectivity index (χ4v) is 2.40. The molecule has 1 N–H and O–H groups in total. The third kappa shape index (κ3) is 3.31. The van der Waals surface area contributed by atoms with Gasteiger partial charge < -0.3 is 15.0 Å². The molecule has 0 spiro atoms. The van der Waals surface area contributed by atoms with E-state index >= 15 is 0 Å². The average molecular weight is 288 g/mol. The molecule has 0 saturated heterocycles. The van der Waals surface area contributed by atoms with Gasteiger partial charge in [-0.15, -0.1) is 0 Å². The van der Waals surface area contributed by atoms with Gasteiger partial charge in [-0.05, 0) is 11.5 Å². The van der Waals surface area contributed by atoms with Gasteiger partial charge in [0, 0.05) is 13.3 Å². The quantitative estimate of drug-likeness (QED) is 0.916. The summed E-state index contributed by atoms with van der Waals surface area (Å²) in [6, 6.07) is 8.94. The van der Waals surface area contributed by atoms with E-state index in [1.807, 2.05) is 44.2 Å². The van der Waals surface area contributed by atoms with Gasteiger partial charge in [-0.3, -0.25) is 9.59 Å². The highest BCUT2D eigenvalue weighted by Gasteiger charge is 2.35. The monoisotopic (exact) mass is 288 g/mol. The second kappa shape index (κ2) is 6.54. The van der Waals surface area contributed by atoms with Crippen LogP contribution in [0.25, 0.3) is 5.70 Å². The molecule has 1 aromatic carbocycles. The van der Waals surface area contributed by atoms with Crippen molar-refractivity contribution < 1.29 is 14.3 Å². The molecule has 0 bridgehead atoms. The van der Waals surface area contributed by atoms with E-state index in [1.165, 1.54) is 12.0 Å². The van der Waals surface area contributed by atoms with Crippen LogP contribution in [0.5, 0.6) is 0 Å². The summed E-state index contributed by atoms with van der Waals surface area (Å²) in [6.07, 6.45) is 1.70. The van der Waals surface area contributed by atoms with Crippen LogP contribution in [0.1, 0.15) is 19.4 Å². The SMILES string of the molecule is COCC(=O)N1C=C(c2ccccc2)NC(=O)[C@H]1C(C)C. The molecule has 5 heteroatoms. The second-order valence-electron chi connectivity index (χ2n) is 5.32. The van der Waals surface area contributed by atoms with Crippen LogP contribution in [-0.4, -0.2) is 36.5 Å². The first-order chi connectivity index (χ1) is 10.0. The fourth-order valence-electron chi connectivity index (χ4n) is 2.40. The van der Waals surface area contributed by atoms with E-state index in [0.29, 0.717) is 5.70 Å². The molecular weight excluding hydrogens is 268 g/mol. The van der Waals surface area contributed by atoms with Gasteiger partial charge in [0.2, 0.25) is 5.91 Å². The van der Waals surface area contributed by atoms with Crippen molar-refractivity contribution in [2.45, 2.75) is 19.9 Å². The normalized spacial score (nSPS) is 18.5. The van der Waals surface area contributed by atoms with Gasteiger partial charge in [-0.1, -0.05) is 44.2 Å². The van der Waals surface area contributed by atoms with Gasteiger partial charge in [-0.2, -0.15) is 0 Å². The summed E-state index contributed by atoms with van der Waals surface area (Å²) < 4.78 is 4.91. The summed E-state index contributed by atoms with van der Waals surface area (Å²) in [5.74, 6) is -0.380. The maximum atomic E-state index is 12.4. The van der Waals surface area contributed by atoms with Crippen LogP contribution >= 0.6 is 0 Å². The standard InChI is InChI=1S/C16H20N2O3/c1-11(2)15-16(20)17-13(12-7-5-4-6-8-12)9-18(15)14(19)10-21-3/h4-9,11,15H,10H2,1-3H3,(H,17,20)/t15-/m1/s1. The number of ether oxygens (including phenoxy) is 1. The minimum atomic E-state index is -0.514. The highest BCUT2D eigenvalue weighted by atomic mass is 16.5. The Morgan fingerprint density at radius 1 is 1.33 bits per heavy atom. The smallest absolute Gasteiger partial charge is 0.253 e. The number of nitrogens with zero attached hydrogens (tertiary/aromatic N) is 1. The highest BCUT2D eigenvalue weighted by Crippen LogP contribution is 2.22. The van der Waals surface area contributed by atoms with Crippen LogP contribution in [0.4, 0.5) is 0 Å². The van der Waals surface area contributed by atoms with Crippen molar-refractivity contribution in [3.8, 4) is 0 Å². The Kier molecular flexibility index (Phi) is 4.75. The number of rotatable bonds is 4. The number of benzene rings is 1. The van der Waals surface area contributed by atoms with Gasteiger partial charge in [0.1, 0.15) is 12.6 Å². The summed E-state index contributed by atoms with van der Waals surface area (Å²) in [7, 11) is 1.47. The van der Waals surface area contributed by atoms with Gasteiger partial charge in [0.05, 0.1) is 5.70 Å². The van der Waals surface area contributed by atoms with E-state index in [9.17, 15) is 9.59 Å². The molecule has 2 amide bonds. The highest BCUT2D eigenvalue weighted by molar-refractivity contribution is 5.97. The summed E-state index contributed by atoms with van der Waals surface area (Å²) in [5, 5.41) is 2.88. The lowest BCUT2D eigenvalue weighted by Crippen LogP contribution is -2.53. The maximum absolute atomic E-state index is 12.4. The zero-order chi connectivity index (χ0) is 15.4. The van der Waals surface area contributed by atoms with Crippen molar-refractivity contribution in [1.82, 2.24) is 10.2 Å². The number of methoxy groups -OCH3 is 1. The van der Waals surface area contributed by atoms with Crippen molar-refractivity contribution >= 4 is 17.5 Å². The Morgan fingerprint density at radius 2 is 2.00 bits per heavy atom. The molecule has 0 radical (unpaired) electrons. The van der Waals surface area contributed by atoms with Crippen molar-refractivity contribution in [1.29, 1.82) is 0 Å². The number of amides is 2. The molecule has 0 unspecified atom stereocenters. The molecule has 1 aromatic rings. The first kappa shape index (κ1) is 15.3. The molecule has 112 valence electrons. The van der Waals surface area contributed by atoms with E-state index in [1.54, 1.807) is 6.20 Å². The number of hydrogen-bond donors (Lipinski definition) is 1. The molecule has 1 aliphatic heterocycles. The minimum absolute atomic E-state index is 0.0133. The lowest BCUT2D eigenvalue weighted by Gasteiger charge is -2.35. The van der Waals surface area contributed by atoms with Crippen LogP contribution < -0.4 is 5.32 Å². The Labute approximate surface area is 124 Å². The summed E-state index contributed by atoms with van der Waals surface area (Å²) in [6.45, 7) is 3.78. The van der Waals surface area contributed by atoms with Crippen molar-refractivity contribution in [3.05, 3.63) is 42.1 Å². The van der Waals surface area contributed by atoms with E-state index in [-0.39, 0.29) is 24.3 Å². The first-order valence-corrected chi connectivity index (χ1v) is 6.92. The van der Waals surface area contributed by atoms with Crippen LogP contribution in [0.15, 0.2) is 36.5 Å². The predicted molar refractivity (Wildman–Crippen MR) is 79.9 cm³/mol. The van der Waals surface area contributed by atoms with E-state index in [4.69, 9.17) is 4.74 Å². The molecule has 1 heterocycles. The minimum Gasteiger partial charge on any atom is -0.375 e. The van der Waals surface area contributed by atoms with Gasteiger partial charge >= 0.3 is 0 Å². The summed E-state index contributed by atoms with van der Waals surface area (Å²) in [4.78, 5) is 26.0. The van der Waals surface area contributed by atoms with Crippen LogP contribution in [0.3, 0.4) is 0 Å². The third-order valence-corrected chi connectivity index (χ3v) is 3.37. The number of hydrogen-bond acceptors (Lipinski definition) is 3. The van der Waals surface area contributed by atoms with E-state index in [2.05, 4.69) is 5.32 Å². The number of carbonyl (C=O) groups is 2. The van der Waals surface area contributed by atoms with E-state index < -0.39 is 6.04 Å². The zero-order valence-corrected chi connectivity index (χ0v) is 12.5. The Bertz CT molecular complexity index is 552. The topological polar surface area (TPSA) is 58.6 Å². The van der Waals surface area contributed by atoms with Crippen LogP contribution in [-0.2, 0) is 14.3 Å². The summed E-state index contributed by atoms with van der Waals surface area (Å²) in [5.41, 5.74) is 1.49. The molecule has 0 fully saturated rings. The Hall–Kier alpha value is -2.14. The zero-order valence-electron chi connectivity index (χ0n) is 12.5. The average Bonchev–Trinajstić information content (AvgIpc) is 2.47. The molecular formula is C16H20N2O3. The molecule has 0 aromatic heterocycles. The summed E-state index contributed by atoms with van der Waals surface area (Å²) >= 11 is 0. The second-order valence-corrected chi connectivity index (χ2v) is 5.32. The largest absolute Gasteiger partial charge is 0.375 e. The van der Waals surface area contributed by atoms with Crippen LogP contribution in [0.2, 0.25) is 0 Å². The predicted octanol–water partition coefficient (Wildman–Crippen LogP) is 1.61. The van der Waals surface area contributed by atoms with Gasteiger partial charge in [0.15, 0.2) is 0 Å². The van der Waals surface area contributed by atoms with Crippen molar-refractivity contribution in [2.75, 3.05) is 13.7 Å². The Balaban J connectivity index is 2.38. The number of nitrogens with one attached hydrogen (secondary N) is 1. The molecule has 0 saturated carbocycles. The first-order valence-electron chi connectivity index (χ1n) is 6.92. The molecule has 2 rings (SSSR count). The molecule has 1 atom stereocenters. The van der Waals surface area contributed by atoms with Crippen molar-refractivity contribution in [3.63, 3.8) is 0 Å². The van der Waals surface area contributed by atoms with Gasteiger partial charge in [0.25, 0.3) is 5.91 Å². The van der Waals surface area contributed by atoms with Gasteiger partial charge in [-0.25, -0.2) is 0 Å². The Morgan fingerprint density at radius 3 is 2.57 bits per heavy atom. The lowest BCUT2D eigenvalue weighted by atomic mass is 9.98. The van der Waals surface area contributed by atoms with E-state index in [0.717, 1.165) is 5.56 Å². The third-order valence-electron chi connectivity index (χ3n) is 3.37.